The summed E-state index contributed by atoms with van der Waals surface area (Å²) in [6, 6.07) is 3.66. The van der Waals surface area contributed by atoms with Crippen LogP contribution in [0.1, 0.15) is 18.9 Å². The van der Waals surface area contributed by atoms with Gasteiger partial charge < -0.3 is 5.73 Å². The maximum atomic E-state index is 12.4. The molecule has 2 unspecified atom stereocenters. The maximum absolute atomic E-state index is 12.4. The molecule has 6 heteroatoms. The molecule has 0 bridgehead atoms. The summed E-state index contributed by atoms with van der Waals surface area (Å²) in [7, 11) is -3.22. The summed E-state index contributed by atoms with van der Waals surface area (Å²) in [6.45, 7) is 3.06. The van der Waals surface area contributed by atoms with Gasteiger partial charge in [-0.15, -0.1) is 0 Å². The number of nitrogens with zero attached hydrogens (tertiary/aromatic N) is 2. The predicted octanol–water partition coefficient (Wildman–Crippen LogP) is 0.623. The van der Waals surface area contributed by atoms with E-state index in [9.17, 15) is 8.42 Å². The van der Waals surface area contributed by atoms with E-state index >= 15 is 0 Å². The first kappa shape index (κ1) is 14.4. The molecule has 2 heterocycles. The molecule has 0 amide bonds. The van der Waals surface area contributed by atoms with E-state index in [2.05, 4.69) is 11.9 Å². The third-order valence-electron chi connectivity index (χ3n) is 3.83. The quantitative estimate of drug-likeness (QED) is 0.859. The number of aryl methyl sites for hydroxylation is 1. The lowest BCUT2D eigenvalue weighted by molar-refractivity contribution is 0.354. The third kappa shape index (κ3) is 3.32. The number of sulfonamides is 1. The molecule has 2 rings (SSSR count). The molecule has 5 nitrogen and oxygen atoms in total. The van der Waals surface area contributed by atoms with Gasteiger partial charge in [0.2, 0.25) is 10.0 Å². The van der Waals surface area contributed by atoms with Crippen LogP contribution in [0.4, 0.5) is 0 Å². The van der Waals surface area contributed by atoms with Crippen LogP contribution in [-0.4, -0.2) is 42.6 Å². The second-order valence-corrected chi connectivity index (χ2v) is 7.14. The SMILES string of the molecule is CC1CCN(S(=O)(=O)CCc2ccncc2)C1CN. The Morgan fingerprint density at radius 2 is 2.11 bits per heavy atom. The smallest absolute Gasteiger partial charge is 0.214 e. The molecule has 1 aliphatic heterocycles. The zero-order chi connectivity index (χ0) is 13.9. The number of hydrogen-bond acceptors (Lipinski definition) is 4. The highest BCUT2D eigenvalue weighted by atomic mass is 32.2. The Balaban J connectivity index is 2.03. The summed E-state index contributed by atoms with van der Waals surface area (Å²) in [5.41, 5.74) is 6.70. The average Bonchev–Trinajstić information content (AvgIpc) is 2.79. The lowest BCUT2D eigenvalue weighted by Gasteiger charge is -2.25. The Morgan fingerprint density at radius 1 is 1.42 bits per heavy atom. The second kappa shape index (κ2) is 5.98. The van der Waals surface area contributed by atoms with Gasteiger partial charge in [-0.2, -0.15) is 4.31 Å². The summed E-state index contributed by atoms with van der Waals surface area (Å²) < 4.78 is 26.3. The molecule has 1 aromatic heterocycles. The van der Waals surface area contributed by atoms with E-state index in [0.717, 1.165) is 12.0 Å². The van der Waals surface area contributed by atoms with E-state index in [4.69, 9.17) is 5.73 Å². The lowest BCUT2D eigenvalue weighted by atomic mass is 10.0. The fourth-order valence-corrected chi connectivity index (χ4v) is 4.40. The van der Waals surface area contributed by atoms with Gasteiger partial charge >= 0.3 is 0 Å². The Hall–Kier alpha value is -0.980. The molecule has 0 spiro atoms. The number of aromatic nitrogens is 1. The maximum Gasteiger partial charge on any atom is 0.214 e. The molecule has 0 radical (unpaired) electrons. The summed E-state index contributed by atoms with van der Waals surface area (Å²) in [4.78, 5) is 3.93. The molecular weight excluding hydrogens is 262 g/mol. The Labute approximate surface area is 114 Å². The summed E-state index contributed by atoms with van der Waals surface area (Å²) in [5.74, 6) is 0.487. The Morgan fingerprint density at radius 3 is 2.74 bits per heavy atom. The zero-order valence-electron chi connectivity index (χ0n) is 11.2. The minimum Gasteiger partial charge on any atom is -0.329 e. The molecule has 2 atom stereocenters. The van der Waals surface area contributed by atoms with E-state index in [1.807, 2.05) is 12.1 Å². The number of pyridine rings is 1. The third-order valence-corrected chi connectivity index (χ3v) is 5.72. The highest BCUT2D eigenvalue weighted by Gasteiger charge is 2.37. The number of hydrogen-bond donors (Lipinski definition) is 1. The first-order valence-electron chi connectivity index (χ1n) is 6.63. The number of nitrogens with two attached hydrogens (primary N) is 1. The van der Waals surface area contributed by atoms with Crippen LogP contribution in [0, 0.1) is 5.92 Å². The predicted molar refractivity (Wildman–Crippen MR) is 75.1 cm³/mol. The fraction of sp³-hybridized carbons (Fsp3) is 0.615. The monoisotopic (exact) mass is 283 g/mol. The standard InChI is InChI=1S/C13H21N3O2S/c1-11-4-8-16(13(11)10-14)19(17,18)9-5-12-2-6-15-7-3-12/h2-3,6-7,11,13H,4-5,8-10,14H2,1H3. The molecule has 0 aliphatic carbocycles. The van der Waals surface area contributed by atoms with Gasteiger partial charge in [0.25, 0.3) is 0 Å². The van der Waals surface area contributed by atoms with Gasteiger partial charge in [0.15, 0.2) is 0 Å². The molecule has 19 heavy (non-hydrogen) atoms. The highest BCUT2D eigenvalue weighted by Crippen LogP contribution is 2.26. The Kier molecular flexibility index (Phi) is 4.54. The minimum atomic E-state index is -3.22. The van der Waals surface area contributed by atoms with Crippen LogP contribution in [0.15, 0.2) is 24.5 Å². The van der Waals surface area contributed by atoms with E-state index < -0.39 is 10.0 Å². The van der Waals surface area contributed by atoms with Gasteiger partial charge in [-0.3, -0.25) is 4.98 Å². The van der Waals surface area contributed by atoms with Crippen molar-refractivity contribution in [2.45, 2.75) is 25.8 Å². The molecule has 106 valence electrons. The van der Waals surface area contributed by atoms with Gasteiger partial charge in [0.1, 0.15) is 0 Å². The lowest BCUT2D eigenvalue weighted by Crippen LogP contribution is -2.43. The largest absolute Gasteiger partial charge is 0.329 e. The van der Waals surface area contributed by atoms with Crippen LogP contribution >= 0.6 is 0 Å². The van der Waals surface area contributed by atoms with Crippen molar-refractivity contribution in [2.24, 2.45) is 11.7 Å². The van der Waals surface area contributed by atoms with Crippen molar-refractivity contribution < 1.29 is 8.42 Å². The van der Waals surface area contributed by atoms with Crippen LogP contribution in [0.3, 0.4) is 0 Å². The van der Waals surface area contributed by atoms with Crippen molar-refractivity contribution in [3.63, 3.8) is 0 Å². The van der Waals surface area contributed by atoms with Gasteiger partial charge in [0.05, 0.1) is 5.75 Å². The van der Waals surface area contributed by atoms with Crippen molar-refractivity contribution in [1.82, 2.24) is 9.29 Å². The minimum absolute atomic E-state index is 0.0394. The molecule has 0 aromatic carbocycles. The van der Waals surface area contributed by atoms with Gasteiger partial charge in [-0.1, -0.05) is 6.92 Å². The van der Waals surface area contributed by atoms with Crippen molar-refractivity contribution in [1.29, 1.82) is 0 Å². The summed E-state index contributed by atoms with van der Waals surface area (Å²) in [6.07, 6.45) is 4.79. The molecule has 1 aliphatic rings. The van der Waals surface area contributed by atoms with Crippen molar-refractivity contribution >= 4 is 10.0 Å². The van der Waals surface area contributed by atoms with Crippen LogP contribution in [0.2, 0.25) is 0 Å². The molecule has 0 saturated carbocycles. The van der Waals surface area contributed by atoms with Crippen molar-refractivity contribution in [2.75, 3.05) is 18.8 Å². The molecule has 1 saturated heterocycles. The van der Waals surface area contributed by atoms with Gasteiger partial charge in [0, 0.05) is 31.5 Å². The topological polar surface area (TPSA) is 76.3 Å². The van der Waals surface area contributed by atoms with Crippen molar-refractivity contribution in [3.8, 4) is 0 Å². The van der Waals surface area contributed by atoms with Crippen LogP contribution in [0.5, 0.6) is 0 Å². The van der Waals surface area contributed by atoms with E-state index in [-0.39, 0.29) is 11.8 Å². The van der Waals surface area contributed by atoms with E-state index in [0.29, 0.717) is 25.4 Å². The van der Waals surface area contributed by atoms with E-state index in [1.165, 1.54) is 0 Å². The Bertz CT molecular complexity index is 504. The van der Waals surface area contributed by atoms with Gasteiger partial charge in [-0.05, 0) is 36.5 Å². The first-order chi connectivity index (χ1) is 9.04. The van der Waals surface area contributed by atoms with Crippen LogP contribution < -0.4 is 5.73 Å². The van der Waals surface area contributed by atoms with Crippen molar-refractivity contribution in [3.05, 3.63) is 30.1 Å². The molecular formula is C13H21N3O2S. The summed E-state index contributed by atoms with van der Waals surface area (Å²) >= 11 is 0. The fourth-order valence-electron chi connectivity index (χ4n) is 2.58. The van der Waals surface area contributed by atoms with E-state index in [1.54, 1.807) is 16.7 Å². The normalized spacial score (nSPS) is 24.7. The molecule has 2 N–H and O–H groups in total. The second-order valence-electron chi connectivity index (χ2n) is 5.10. The summed E-state index contributed by atoms with van der Waals surface area (Å²) in [5, 5.41) is 0. The molecule has 1 fully saturated rings. The zero-order valence-corrected chi connectivity index (χ0v) is 12.0. The van der Waals surface area contributed by atoms with Crippen LogP contribution in [-0.2, 0) is 16.4 Å². The van der Waals surface area contributed by atoms with Gasteiger partial charge in [-0.25, -0.2) is 8.42 Å². The molecule has 1 aromatic rings. The first-order valence-corrected chi connectivity index (χ1v) is 8.24. The van der Waals surface area contributed by atoms with Crippen LogP contribution in [0.25, 0.3) is 0 Å². The average molecular weight is 283 g/mol. The highest BCUT2D eigenvalue weighted by molar-refractivity contribution is 7.89. The number of rotatable bonds is 5.